The van der Waals surface area contributed by atoms with E-state index in [9.17, 15) is 32.7 Å². The maximum atomic E-state index is 12.9. The van der Waals surface area contributed by atoms with Crippen LogP contribution in [0.2, 0.25) is 4.34 Å². The number of alkyl halides is 3. The fourth-order valence-corrected chi connectivity index (χ4v) is 7.41. The second-order valence-electron chi connectivity index (χ2n) is 7.07. The molecule has 0 spiro atoms. The van der Waals surface area contributed by atoms with Crippen molar-refractivity contribution >= 4 is 86.4 Å². The van der Waals surface area contributed by atoms with Crippen molar-refractivity contribution < 1.29 is 37.5 Å². The zero-order chi connectivity index (χ0) is 27.1. The van der Waals surface area contributed by atoms with Gasteiger partial charge in [0.25, 0.3) is 11.8 Å². The minimum Gasteiger partial charge on any atom is -0.477 e. The molecular formula is C17H13ClF3N7O5S4. The highest BCUT2D eigenvalue weighted by Gasteiger charge is 2.54. The summed E-state index contributed by atoms with van der Waals surface area (Å²) in [5.41, 5.74) is 5.26. The first-order valence-corrected chi connectivity index (χ1v) is 13.7. The number of carbonyl (C=O) groups is 3. The van der Waals surface area contributed by atoms with Crippen molar-refractivity contribution in [2.75, 3.05) is 24.3 Å². The number of β-lactam (4-membered cyclic amide) rings is 1. The molecule has 1 fully saturated rings. The standard InChI is InChI=1S/C17H13ClF3N7O5S4/c1-33-27-6(5-9(18)36-15(22)24-5)10(29)23-7-11(30)28-8(13(31)32)4(2-34-12(7)28)3-35-16-26-25-14(37-16)17(19,20)21/h7,12H,2-3H2,1H3,(H2,22,24)(H,23,29)(H,31,32)/t7?,12-/m0/s1. The second kappa shape index (κ2) is 10.6. The number of nitrogens with zero attached hydrogens (tertiary/aromatic N) is 5. The number of rotatable bonds is 8. The van der Waals surface area contributed by atoms with E-state index < -0.39 is 40.4 Å². The number of fused-ring (bicyclic) bond motifs is 1. The summed E-state index contributed by atoms with van der Waals surface area (Å²) in [6.45, 7) is 0. The van der Waals surface area contributed by atoms with Gasteiger partial charge in [0.1, 0.15) is 34.3 Å². The molecule has 4 rings (SSSR count). The molecular weight excluding hydrogens is 603 g/mol. The molecule has 0 aliphatic carbocycles. The Morgan fingerprint density at radius 2 is 2.11 bits per heavy atom. The number of carbonyl (C=O) groups excluding carboxylic acids is 2. The van der Waals surface area contributed by atoms with Crippen molar-refractivity contribution in [1.29, 1.82) is 0 Å². The maximum Gasteiger partial charge on any atom is 0.445 e. The van der Waals surface area contributed by atoms with Crippen LogP contribution in [-0.4, -0.2) is 78.7 Å². The predicted molar refractivity (Wildman–Crippen MR) is 130 cm³/mol. The highest BCUT2D eigenvalue weighted by molar-refractivity contribution is 8.01. The number of aliphatic carboxylic acids is 1. The molecule has 2 aromatic heterocycles. The van der Waals surface area contributed by atoms with Gasteiger partial charge in [-0.1, -0.05) is 51.2 Å². The highest BCUT2D eigenvalue weighted by Crippen LogP contribution is 2.42. The first-order valence-electron chi connectivity index (χ1n) is 9.70. The van der Waals surface area contributed by atoms with E-state index in [1.165, 1.54) is 18.9 Å². The van der Waals surface area contributed by atoms with E-state index in [1.54, 1.807) is 0 Å². The Labute approximate surface area is 226 Å². The quantitative estimate of drug-likeness (QED) is 0.172. The van der Waals surface area contributed by atoms with Crippen LogP contribution in [0.5, 0.6) is 0 Å². The minimum absolute atomic E-state index is 0.00283. The van der Waals surface area contributed by atoms with Crippen LogP contribution in [0.3, 0.4) is 0 Å². The summed E-state index contributed by atoms with van der Waals surface area (Å²) >= 11 is 9.36. The molecule has 2 aliphatic rings. The number of hydrogen-bond acceptors (Lipinski definition) is 13. The summed E-state index contributed by atoms with van der Waals surface area (Å²) < 4.78 is 38.3. The van der Waals surface area contributed by atoms with E-state index in [0.29, 0.717) is 16.9 Å². The van der Waals surface area contributed by atoms with Gasteiger partial charge in [0.15, 0.2) is 15.2 Å². The van der Waals surface area contributed by atoms with Gasteiger partial charge in [-0.3, -0.25) is 14.5 Å². The van der Waals surface area contributed by atoms with E-state index >= 15 is 0 Å². The predicted octanol–water partition coefficient (Wildman–Crippen LogP) is 2.13. The van der Waals surface area contributed by atoms with Crippen LogP contribution in [-0.2, 0) is 25.4 Å². The summed E-state index contributed by atoms with van der Waals surface area (Å²) in [7, 11) is 1.19. The van der Waals surface area contributed by atoms with Crippen LogP contribution >= 0.6 is 57.8 Å². The van der Waals surface area contributed by atoms with E-state index in [-0.39, 0.29) is 42.4 Å². The number of oxime groups is 1. The van der Waals surface area contributed by atoms with Crippen molar-refractivity contribution in [1.82, 2.24) is 25.4 Å². The van der Waals surface area contributed by atoms with E-state index in [0.717, 1.165) is 28.0 Å². The third-order valence-electron chi connectivity index (χ3n) is 4.78. The SMILES string of the molecule is CON=C(C(=O)NC1C(=O)N2C(C(=O)O)=C(CSc3nnc(C(F)(F)F)s3)CS[C@@H]12)c1nc(N)sc1Cl. The second-order valence-corrected chi connectivity index (χ2v) is 12.0. The third-order valence-corrected chi connectivity index (χ3v) is 9.39. The summed E-state index contributed by atoms with van der Waals surface area (Å²) in [6, 6.07) is -1.09. The molecule has 2 amide bonds. The van der Waals surface area contributed by atoms with Crippen molar-refractivity contribution in [3.63, 3.8) is 0 Å². The number of amides is 2. The molecule has 2 atom stereocenters. The molecule has 4 heterocycles. The van der Waals surface area contributed by atoms with Gasteiger partial charge in [0.05, 0.1) is 0 Å². The minimum atomic E-state index is -4.63. The van der Waals surface area contributed by atoms with E-state index in [1.807, 2.05) is 0 Å². The molecule has 0 aromatic carbocycles. The molecule has 20 heteroatoms. The number of anilines is 1. The van der Waals surface area contributed by atoms with Gasteiger partial charge in [0.2, 0.25) is 5.01 Å². The lowest BCUT2D eigenvalue weighted by Crippen LogP contribution is -2.71. The fourth-order valence-electron chi connectivity index (χ4n) is 3.28. The lowest BCUT2D eigenvalue weighted by molar-refractivity contribution is -0.150. The summed E-state index contributed by atoms with van der Waals surface area (Å²) in [6.07, 6.45) is -4.63. The first-order chi connectivity index (χ1) is 17.4. The number of aromatic nitrogens is 3. The van der Waals surface area contributed by atoms with E-state index in [4.69, 9.17) is 17.3 Å². The number of hydrogen-bond donors (Lipinski definition) is 3. The monoisotopic (exact) mass is 615 g/mol. The van der Waals surface area contributed by atoms with Gasteiger partial charge in [-0.05, 0) is 5.57 Å². The molecule has 2 aliphatic heterocycles. The number of halogens is 4. The topological polar surface area (TPSA) is 173 Å². The van der Waals surface area contributed by atoms with Gasteiger partial charge < -0.3 is 21.0 Å². The Kier molecular flexibility index (Phi) is 7.88. The van der Waals surface area contributed by atoms with Crippen molar-refractivity contribution in [2.45, 2.75) is 21.9 Å². The number of carboxylic acid groups (broad SMARTS) is 1. The Hall–Kier alpha value is -2.61. The smallest absolute Gasteiger partial charge is 0.445 e. The summed E-state index contributed by atoms with van der Waals surface area (Å²) in [5.74, 6) is -2.80. The lowest BCUT2D eigenvalue weighted by Gasteiger charge is -2.49. The number of thioether (sulfide) groups is 2. The molecule has 2 aromatic rings. The number of carboxylic acids is 1. The largest absolute Gasteiger partial charge is 0.477 e. The molecule has 0 saturated carbocycles. The zero-order valence-corrected chi connectivity index (χ0v) is 22.1. The molecule has 198 valence electrons. The van der Waals surface area contributed by atoms with Gasteiger partial charge in [-0.2, -0.15) is 13.2 Å². The van der Waals surface area contributed by atoms with Gasteiger partial charge >= 0.3 is 12.1 Å². The van der Waals surface area contributed by atoms with E-state index in [2.05, 4.69) is 30.5 Å². The number of nitrogen functional groups attached to an aromatic ring is 1. The molecule has 4 N–H and O–H groups in total. The summed E-state index contributed by atoms with van der Waals surface area (Å²) in [5, 5.41) is 20.7. The average molecular weight is 616 g/mol. The van der Waals surface area contributed by atoms with Crippen LogP contribution < -0.4 is 11.1 Å². The van der Waals surface area contributed by atoms with Gasteiger partial charge in [-0.15, -0.1) is 22.0 Å². The number of nitrogens with one attached hydrogen (secondary N) is 1. The van der Waals surface area contributed by atoms with Gasteiger partial charge in [0, 0.05) is 11.5 Å². The van der Waals surface area contributed by atoms with Gasteiger partial charge in [-0.25, -0.2) is 9.78 Å². The van der Waals surface area contributed by atoms with Crippen molar-refractivity contribution in [2.24, 2.45) is 5.16 Å². The molecule has 0 bridgehead atoms. The molecule has 1 unspecified atom stereocenters. The first kappa shape index (κ1) is 27.4. The van der Waals surface area contributed by atoms with Crippen LogP contribution in [0.1, 0.15) is 10.7 Å². The Morgan fingerprint density at radius 1 is 1.38 bits per heavy atom. The fraction of sp³-hybridized carbons (Fsp3) is 0.353. The molecule has 12 nitrogen and oxygen atoms in total. The molecule has 0 radical (unpaired) electrons. The number of nitrogens with two attached hydrogens (primary N) is 1. The Morgan fingerprint density at radius 3 is 2.68 bits per heavy atom. The Balaban J connectivity index is 1.48. The third kappa shape index (κ3) is 5.49. The normalized spacial score (nSPS) is 20.0. The Bertz CT molecular complexity index is 1330. The highest BCUT2D eigenvalue weighted by atomic mass is 35.5. The molecule has 1 saturated heterocycles. The van der Waals surface area contributed by atoms with Crippen LogP contribution in [0.4, 0.5) is 18.3 Å². The lowest BCUT2D eigenvalue weighted by atomic mass is 10.0. The summed E-state index contributed by atoms with van der Waals surface area (Å²) in [4.78, 5) is 47.4. The van der Waals surface area contributed by atoms with Crippen molar-refractivity contribution in [3.05, 3.63) is 26.3 Å². The average Bonchev–Trinajstić information content (AvgIpc) is 3.44. The van der Waals surface area contributed by atoms with Crippen molar-refractivity contribution in [3.8, 4) is 0 Å². The maximum absolute atomic E-state index is 12.9. The van der Waals surface area contributed by atoms with Crippen LogP contribution in [0, 0.1) is 0 Å². The van der Waals surface area contributed by atoms with Crippen LogP contribution in [0.25, 0.3) is 0 Å². The molecule has 37 heavy (non-hydrogen) atoms. The number of thiazole rings is 1. The van der Waals surface area contributed by atoms with Crippen LogP contribution in [0.15, 0.2) is 20.8 Å². The zero-order valence-electron chi connectivity index (χ0n) is 18.1.